The Hall–Kier alpha value is -1.76. The van der Waals surface area contributed by atoms with Gasteiger partial charge in [-0.3, -0.25) is 0 Å². The number of aromatic amines is 2. The summed E-state index contributed by atoms with van der Waals surface area (Å²) in [6.45, 7) is 0.558. The molecule has 0 bridgehead atoms. The van der Waals surface area contributed by atoms with Gasteiger partial charge in [-0.05, 0) is 36.4 Å². The Morgan fingerprint density at radius 3 is 2.47 bits per heavy atom. The molecule has 4 aromatic rings. The number of hydrogen-bond acceptors (Lipinski definition) is 2. The van der Waals surface area contributed by atoms with Crippen molar-refractivity contribution in [3.8, 4) is 11.4 Å². The lowest BCUT2D eigenvalue weighted by molar-refractivity contribution is -0.870. The second-order valence-electron chi connectivity index (χ2n) is 8.76. The molecule has 2 aromatic carbocycles. The summed E-state index contributed by atoms with van der Waals surface area (Å²) < 4.78 is 44.0. The Morgan fingerprint density at radius 2 is 1.79 bits per heavy atom. The minimum absolute atomic E-state index is 0. The highest BCUT2D eigenvalue weighted by molar-refractivity contribution is 9.10. The first kappa shape index (κ1) is 26.8. The van der Waals surface area contributed by atoms with Gasteiger partial charge in [0, 0.05) is 36.9 Å². The third kappa shape index (κ3) is 5.89. The van der Waals surface area contributed by atoms with Crippen molar-refractivity contribution in [2.45, 2.75) is 6.18 Å². The zero-order valence-electron chi connectivity index (χ0n) is 18.5. The Kier molecular flexibility index (Phi) is 7.96. The number of halogens is 6. The van der Waals surface area contributed by atoms with Crippen LogP contribution in [0, 0.1) is 0 Å². The normalized spacial score (nSPS) is 12.9. The summed E-state index contributed by atoms with van der Waals surface area (Å²) >= 11 is 9.47. The number of oxime groups is 1. The number of nitrogens with zero attached hydrogens (tertiary/aromatic N) is 2. The smallest absolute Gasteiger partial charge is 0.437 e. The fourth-order valence-corrected chi connectivity index (χ4v) is 4.06. The van der Waals surface area contributed by atoms with Gasteiger partial charge in [-0.1, -0.05) is 38.8 Å². The number of benzene rings is 2. The number of aromatic nitrogens is 2. The van der Waals surface area contributed by atoms with Gasteiger partial charge in [0.2, 0.25) is 0 Å². The minimum atomic E-state index is -4.73. The van der Waals surface area contributed by atoms with Gasteiger partial charge >= 0.3 is 6.18 Å². The van der Waals surface area contributed by atoms with E-state index in [1.54, 1.807) is 42.5 Å². The van der Waals surface area contributed by atoms with Crippen molar-refractivity contribution in [3.05, 3.63) is 57.5 Å². The second kappa shape index (κ2) is 10.1. The van der Waals surface area contributed by atoms with Crippen molar-refractivity contribution < 1.29 is 46.5 Å². The predicted octanol–water partition coefficient (Wildman–Crippen LogP) is 3.73. The highest BCUT2D eigenvalue weighted by atomic mass is 127. The number of hydrogen-bond donors (Lipinski definition) is 2. The molecule has 4 rings (SSSR count). The van der Waals surface area contributed by atoms with Gasteiger partial charge in [0.15, 0.2) is 12.3 Å². The Labute approximate surface area is 225 Å². The Morgan fingerprint density at radius 1 is 1.06 bits per heavy atom. The summed E-state index contributed by atoms with van der Waals surface area (Å²) in [7, 11) is 5.78. The van der Waals surface area contributed by atoms with E-state index in [1.807, 2.05) is 21.1 Å². The maximum atomic E-state index is 14.2. The van der Waals surface area contributed by atoms with Gasteiger partial charge in [0.1, 0.15) is 6.54 Å². The van der Waals surface area contributed by atoms with Crippen LogP contribution >= 0.6 is 27.5 Å². The molecule has 2 N–H and O–H groups in total. The van der Waals surface area contributed by atoms with Gasteiger partial charge in [0.25, 0.3) is 0 Å². The number of fused-ring (bicyclic) bond motifs is 2. The zero-order valence-corrected chi connectivity index (χ0v) is 23.0. The number of H-pyrrole nitrogens is 2. The van der Waals surface area contributed by atoms with Crippen molar-refractivity contribution >= 4 is 55.0 Å². The lowest BCUT2D eigenvalue weighted by Gasteiger charge is -2.22. The van der Waals surface area contributed by atoms with Crippen LogP contribution in [-0.2, 0) is 4.84 Å². The predicted molar refractivity (Wildman–Crippen MR) is 130 cm³/mol. The molecule has 11 heteroatoms. The second-order valence-corrected chi connectivity index (χ2v) is 10.1. The van der Waals surface area contributed by atoms with E-state index in [1.165, 1.54) is 0 Å². The van der Waals surface area contributed by atoms with E-state index in [-0.39, 0.29) is 41.8 Å². The van der Waals surface area contributed by atoms with Gasteiger partial charge < -0.3 is 43.3 Å². The number of rotatable bonds is 6. The summed E-state index contributed by atoms with van der Waals surface area (Å²) in [5.74, 6) is 0. The molecule has 0 aliphatic heterocycles. The molecule has 34 heavy (non-hydrogen) atoms. The summed E-state index contributed by atoms with van der Waals surface area (Å²) in [5, 5.41) is 5.29. The molecule has 0 aliphatic rings. The number of alkyl halides is 3. The van der Waals surface area contributed by atoms with Crippen LogP contribution in [0.4, 0.5) is 13.2 Å². The molecule has 0 unspecified atom stereocenters. The van der Waals surface area contributed by atoms with Crippen LogP contribution < -0.4 is 24.0 Å². The molecule has 2 aromatic heterocycles. The first-order valence-corrected chi connectivity index (χ1v) is 11.3. The molecule has 0 aliphatic carbocycles. The molecule has 182 valence electrons. The molecule has 0 amide bonds. The van der Waals surface area contributed by atoms with Gasteiger partial charge in [-0.15, -0.1) is 0 Å². The molecule has 0 spiro atoms. The number of likely N-dealkylation sites (N-methyl/N-ethyl adjacent to an activating group) is 1. The first-order valence-electron chi connectivity index (χ1n) is 10.1. The van der Waals surface area contributed by atoms with E-state index in [0.717, 1.165) is 15.4 Å². The van der Waals surface area contributed by atoms with Crippen LogP contribution in [-0.4, -0.2) is 60.6 Å². The van der Waals surface area contributed by atoms with E-state index in [9.17, 15) is 13.2 Å². The van der Waals surface area contributed by atoms with Crippen LogP contribution in [0.5, 0.6) is 0 Å². The first-order chi connectivity index (χ1) is 15.4. The molecule has 0 radical (unpaired) electrons. The van der Waals surface area contributed by atoms with Crippen LogP contribution in [0.25, 0.3) is 33.2 Å². The van der Waals surface area contributed by atoms with E-state index in [2.05, 4.69) is 31.1 Å². The maximum absolute atomic E-state index is 14.2. The third-order valence-corrected chi connectivity index (χ3v) is 5.86. The highest BCUT2D eigenvalue weighted by Gasteiger charge is 2.41. The van der Waals surface area contributed by atoms with Crippen molar-refractivity contribution in [3.63, 3.8) is 0 Å². The van der Waals surface area contributed by atoms with Crippen molar-refractivity contribution in [1.82, 2.24) is 9.97 Å². The van der Waals surface area contributed by atoms with Crippen LogP contribution in [0.15, 0.2) is 52.1 Å². The Balaban J connectivity index is 0.00000324. The van der Waals surface area contributed by atoms with Gasteiger partial charge in [-0.2, -0.15) is 13.2 Å². The third-order valence-electron chi connectivity index (χ3n) is 5.13. The highest BCUT2D eigenvalue weighted by Crippen LogP contribution is 2.37. The van der Waals surface area contributed by atoms with Crippen LogP contribution in [0.1, 0.15) is 5.56 Å². The van der Waals surface area contributed by atoms with Crippen molar-refractivity contribution in [2.75, 3.05) is 34.3 Å². The molecule has 0 saturated heterocycles. The fraction of sp³-hybridized carbons (Fsp3) is 0.261. The van der Waals surface area contributed by atoms with Crippen molar-refractivity contribution in [1.29, 1.82) is 0 Å². The van der Waals surface area contributed by atoms with E-state index in [4.69, 9.17) is 16.4 Å². The van der Waals surface area contributed by atoms with Crippen LogP contribution in [0.3, 0.4) is 0 Å². The standard InChI is InChI=1S/C23H22BrClF3N4O.HI/c1-32(2,3)8-9-33-31-22(23(26,27)28)20-16-6-4-14(24)12-18(16)30-21(20)19-11-13-10-15(25)5-7-17(13)29-19;/h4-7,10-12,29-30H,8-9H2,1-3H3;1H/q+1;/p-1/b31-22+;. The van der Waals surface area contributed by atoms with E-state index < -0.39 is 11.9 Å². The number of nitrogens with one attached hydrogen (secondary N) is 2. The largest absolute Gasteiger partial charge is 1.00 e. The molecular formula is C23H22BrClF3IN4O. The minimum Gasteiger partial charge on any atom is -1.00 e. The van der Waals surface area contributed by atoms with Crippen molar-refractivity contribution in [2.24, 2.45) is 5.16 Å². The molecule has 2 heterocycles. The molecular weight excluding hydrogens is 648 g/mol. The summed E-state index contributed by atoms with van der Waals surface area (Å²) in [6.07, 6.45) is -4.73. The zero-order chi connectivity index (χ0) is 24.0. The summed E-state index contributed by atoms with van der Waals surface area (Å²) in [6, 6.07) is 12.1. The number of quaternary nitrogens is 1. The maximum Gasteiger partial charge on any atom is 0.437 e. The summed E-state index contributed by atoms with van der Waals surface area (Å²) in [5.41, 5.74) is 0.871. The van der Waals surface area contributed by atoms with Gasteiger partial charge in [-0.25, -0.2) is 0 Å². The lowest BCUT2D eigenvalue weighted by atomic mass is 10.0. The molecule has 5 nitrogen and oxygen atoms in total. The average Bonchev–Trinajstić information content (AvgIpc) is 3.26. The Bertz CT molecular complexity index is 1360. The average molecular weight is 670 g/mol. The van der Waals surface area contributed by atoms with E-state index >= 15 is 0 Å². The van der Waals surface area contributed by atoms with Crippen LogP contribution in [0.2, 0.25) is 5.02 Å². The topological polar surface area (TPSA) is 53.2 Å². The summed E-state index contributed by atoms with van der Waals surface area (Å²) in [4.78, 5) is 11.5. The molecule has 0 fully saturated rings. The monoisotopic (exact) mass is 668 g/mol. The molecule has 0 atom stereocenters. The lowest BCUT2D eigenvalue weighted by Crippen LogP contribution is -3.00. The van der Waals surface area contributed by atoms with E-state index in [0.29, 0.717) is 32.6 Å². The van der Waals surface area contributed by atoms with Gasteiger partial charge in [0.05, 0.1) is 32.5 Å². The quantitative estimate of drug-likeness (QED) is 0.106. The molecule has 0 saturated carbocycles. The SMILES string of the molecule is C[N+](C)(C)CCO/N=C(\c1c(-c2cc3cc(Cl)ccc3[nH]2)[nH]c2cc(Br)ccc12)C(F)(F)F.[I-]. The fourth-order valence-electron chi connectivity index (χ4n) is 3.52.